The van der Waals surface area contributed by atoms with Crippen LogP contribution in [0.25, 0.3) is 22.3 Å². The molecule has 1 aromatic carbocycles. The van der Waals surface area contributed by atoms with E-state index in [9.17, 15) is 9.90 Å². The summed E-state index contributed by atoms with van der Waals surface area (Å²) in [5.41, 5.74) is 2.70. The molecule has 0 radical (unpaired) electrons. The van der Waals surface area contributed by atoms with Crippen molar-refractivity contribution in [1.82, 2.24) is 25.0 Å². The van der Waals surface area contributed by atoms with Crippen LogP contribution in [0.15, 0.2) is 36.5 Å². The van der Waals surface area contributed by atoms with Gasteiger partial charge in [-0.25, -0.2) is 4.98 Å². The van der Waals surface area contributed by atoms with E-state index in [0.717, 1.165) is 24.0 Å². The number of hydrogen-bond acceptors (Lipinski definition) is 5. The molecule has 1 fully saturated rings. The zero-order chi connectivity index (χ0) is 17.4. The van der Waals surface area contributed by atoms with Gasteiger partial charge in [0.25, 0.3) is 5.91 Å². The molecule has 7 heteroatoms. The molecule has 3 heterocycles. The molecule has 0 unspecified atom stereocenters. The number of nitrogens with zero attached hydrogens (tertiary/aromatic N) is 4. The molecule has 1 saturated heterocycles. The molecule has 0 bridgehead atoms. The summed E-state index contributed by atoms with van der Waals surface area (Å²) in [5.74, 6) is 0.196. The van der Waals surface area contributed by atoms with Gasteiger partial charge in [-0.15, -0.1) is 0 Å². The zero-order valence-corrected chi connectivity index (χ0v) is 13.9. The number of aromatic hydroxyl groups is 1. The van der Waals surface area contributed by atoms with Crippen molar-refractivity contribution in [3.05, 3.63) is 42.1 Å². The lowest BCUT2D eigenvalue weighted by atomic mass is 10.1. The fraction of sp³-hybridized carbons (Fsp3) is 0.278. The van der Waals surface area contributed by atoms with Gasteiger partial charge >= 0.3 is 0 Å². The maximum absolute atomic E-state index is 13.1. The van der Waals surface area contributed by atoms with Gasteiger partial charge in [0.15, 0.2) is 5.65 Å². The van der Waals surface area contributed by atoms with Crippen molar-refractivity contribution in [1.29, 1.82) is 0 Å². The second kappa shape index (κ2) is 6.18. The number of rotatable bonds is 2. The van der Waals surface area contributed by atoms with Crippen LogP contribution in [0.2, 0.25) is 0 Å². The van der Waals surface area contributed by atoms with E-state index in [4.69, 9.17) is 0 Å². The van der Waals surface area contributed by atoms with E-state index in [0.29, 0.717) is 30.0 Å². The zero-order valence-electron chi connectivity index (χ0n) is 13.9. The number of carbonyl (C=O) groups is 1. The maximum atomic E-state index is 13.1. The van der Waals surface area contributed by atoms with E-state index in [1.54, 1.807) is 30.5 Å². The number of fused-ring (bicyclic) bond motifs is 1. The summed E-state index contributed by atoms with van der Waals surface area (Å²) < 4.78 is 0. The van der Waals surface area contributed by atoms with Gasteiger partial charge in [0.2, 0.25) is 0 Å². The third-order valence-electron chi connectivity index (χ3n) is 4.61. The molecule has 7 nitrogen and oxygen atoms in total. The first-order valence-corrected chi connectivity index (χ1v) is 8.23. The predicted octanol–water partition coefficient (Wildman–Crippen LogP) is 1.72. The number of pyridine rings is 1. The Kier molecular flexibility index (Phi) is 3.85. The number of phenols is 1. The molecule has 0 atom stereocenters. The third-order valence-corrected chi connectivity index (χ3v) is 4.61. The molecule has 0 spiro atoms. The minimum atomic E-state index is 0.00179. The van der Waals surface area contributed by atoms with Crippen LogP contribution in [0.4, 0.5) is 0 Å². The molecule has 1 aliphatic rings. The van der Waals surface area contributed by atoms with E-state index in [1.807, 2.05) is 11.0 Å². The van der Waals surface area contributed by atoms with Crippen molar-refractivity contribution in [2.45, 2.75) is 0 Å². The molecule has 1 amide bonds. The molecule has 4 rings (SSSR count). The van der Waals surface area contributed by atoms with Crippen LogP contribution in [-0.2, 0) is 0 Å². The summed E-state index contributed by atoms with van der Waals surface area (Å²) in [4.78, 5) is 21.7. The Morgan fingerprint density at radius 2 is 1.88 bits per heavy atom. The Balaban J connectivity index is 1.76. The van der Waals surface area contributed by atoms with Crippen molar-refractivity contribution in [3.8, 4) is 17.0 Å². The molecule has 128 valence electrons. The number of aromatic nitrogens is 3. The third kappa shape index (κ3) is 2.94. The Morgan fingerprint density at radius 3 is 2.60 bits per heavy atom. The average molecular weight is 337 g/mol. The maximum Gasteiger partial charge on any atom is 0.254 e. The quantitative estimate of drug-likeness (QED) is 0.744. The Labute approximate surface area is 144 Å². The number of amides is 1. The molecule has 2 N–H and O–H groups in total. The summed E-state index contributed by atoms with van der Waals surface area (Å²) in [6.07, 6.45) is 1.65. The van der Waals surface area contributed by atoms with Crippen LogP contribution in [0, 0.1) is 0 Å². The van der Waals surface area contributed by atoms with E-state index in [-0.39, 0.29) is 11.7 Å². The van der Waals surface area contributed by atoms with Crippen molar-refractivity contribution < 1.29 is 9.90 Å². The summed E-state index contributed by atoms with van der Waals surface area (Å²) >= 11 is 0. The smallest absolute Gasteiger partial charge is 0.254 e. The molecule has 2 aromatic heterocycles. The first-order chi connectivity index (χ1) is 12.1. The number of likely N-dealkylation sites (N-methyl/N-ethyl adjacent to an activating group) is 1. The minimum absolute atomic E-state index is 0.00179. The van der Waals surface area contributed by atoms with Gasteiger partial charge in [0.05, 0.1) is 22.8 Å². The van der Waals surface area contributed by atoms with Crippen molar-refractivity contribution in [3.63, 3.8) is 0 Å². The van der Waals surface area contributed by atoms with E-state index in [2.05, 4.69) is 27.1 Å². The van der Waals surface area contributed by atoms with Crippen LogP contribution in [0.5, 0.6) is 5.75 Å². The van der Waals surface area contributed by atoms with E-state index < -0.39 is 0 Å². The number of carbonyl (C=O) groups excluding carboxylic acids is 1. The number of piperazine rings is 1. The van der Waals surface area contributed by atoms with E-state index in [1.165, 1.54) is 0 Å². The second-order valence-electron chi connectivity index (χ2n) is 6.33. The summed E-state index contributed by atoms with van der Waals surface area (Å²) in [6.45, 7) is 3.17. The van der Waals surface area contributed by atoms with Gasteiger partial charge in [-0.3, -0.25) is 9.89 Å². The Bertz CT molecular complexity index is 911. The molecule has 0 saturated carbocycles. The second-order valence-corrected chi connectivity index (χ2v) is 6.33. The lowest BCUT2D eigenvalue weighted by Gasteiger charge is -2.32. The lowest BCUT2D eigenvalue weighted by molar-refractivity contribution is 0.0666. The summed E-state index contributed by atoms with van der Waals surface area (Å²) in [6, 6.07) is 8.59. The standard InChI is InChI=1S/C18H19N5O2/c1-22-6-8-23(9-7-22)18(25)14-10-16(12-2-4-13(24)5-3-12)20-17-15(14)11-19-21-17/h2-5,10-11,24H,6-9H2,1H3,(H,19,20,21). The number of H-pyrrole nitrogens is 1. The molecule has 3 aromatic rings. The first-order valence-electron chi connectivity index (χ1n) is 8.23. The summed E-state index contributed by atoms with van der Waals surface area (Å²) in [7, 11) is 2.06. The molecule has 0 aliphatic carbocycles. The van der Waals surface area contributed by atoms with Gasteiger partial charge < -0.3 is 14.9 Å². The fourth-order valence-corrected chi connectivity index (χ4v) is 3.07. The molecule has 1 aliphatic heterocycles. The Morgan fingerprint density at radius 1 is 1.16 bits per heavy atom. The lowest BCUT2D eigenvalue weighted by Crippen LogP contribution is -2.47. The van der Waals surface area contributed by atoms with Crippen LogP contribution in [-0.4, -0.2) is 69.2 Å². The van der Waals surface area contributed by atoms with Crippen LogP contribution < -0.4 is 0 Å². The highest BCUT2D eigenvalue weighted by atomic mass is 16.3. The highest BCUT2D eigenvalue weighted by molar-refractivity contribution is 6.06. The average Bonchev–Trinajstić information content (AvgIpc) is 3.10. The minimum Gasteiger partial charge on any atom is -0.508 e. The molecular weight excluding hydrogens is 318 g/mol. The van der Waals surface area contributed by atoms with Crippen LogP contribution in [0.3, 0.4) is 0 Å². The highest BCUT2D eigenvalue weighted by Gasteiger charge is 2.23. The monoisotopic (exact) mass is 337 g/mol. The van der Waals surface area contributed by atoms with Crippen molar-refractivity contribution in [2.75, 3.05) is 33.2 Å². The normalized spacial score (nSPS) is 15.6. The topological polar surface area (TPSA) is 85.4 Å². The van der Waals surface area contributed by atoms with Gasteiger partial charge in [-0.1, -0.05) is 0 Å². The number of nitrogens with one attached hydrogen (secondary N) is 1. The Hall–Kier alpha value is -2.93. The largest absolute Gasteiger partial charge is 0.508 e. The summed E-state index contributed by atoms with van der Waals surface area (Å²) in [5, 5.41) is 17.1. The molecular formula is C18H19N5O2. The van der Waals surface area contributed by atoms with Gasteiger partial charge in [-0.05, 0) is 37.4 Å². The predicted molar refractivity (Wildman–Crippen MR) is 94.4 cm³/mol. The van der Waals surface area contributed by atoms with Gasteiger partial charge in [0.1, 0.15) is 5.75 Å². The number of phenolic OH excluding ortho intramolecular Hbond substituents is 1. The van der Waals surface area contributed by atoms with Crippen LogP contribution in [0.1, 0.15) is 10.4 Å². The van der Waals surface area contributed by atoms with Crippen molar-refractivity contribution in [2.24, 2.45) is 0 Å². The number of hydrogen-bond donors (Lipinski definition) is 2. The first kappa shape index (κ1) is 15.6. The number of aromatic amines is 1. The SMILES string of the molecule is CN1CCN(C(=O)c2cc(-c3ccc(O)cc3)nc3[nH]ncc23)CC1. The van der Waals surface area contributed by atoms with E-state index >= 15 is 0 Å². The number of benzene rings is 1. The highest BCUT2D eigenvalue weighted by Crippen LogP contribution is 2.26. The fourth-order valence-electron chi connectivity index (χ4n) is 3.07. The van der Waals surface area contributed by atoms with Gasteiger partial charge in [0, 0.05) is 31.7 Å². The van der Waals surface area contributed by atoms with Crippen LogP contribution >= 0.6 is 0 Å². The van der Waals surface area contributed by atoms with Crippen molar-refractivity contribution >= 4 is 16.9 Å². The van der Waals surface area contributed by atoms with Gasteiger partial charge in [-0.2, -0.15) is 5.10 Å². The molecule has 25 heavy (non-hydrogen) atoms.